The Morgan fingerprint density at radius 3 is 2.74 bits per heavy atom. The largest absolute Gasteiger partial charge is 0.433 e. The van der Waals surface area contributed by atoms with E-state index in [1.165, 1.54) is 13.1 Å². The van der Waals surface area contributed by atoms with E-state index in [1.54, 1.807) is 0 Å². The van der Waals surface area contributed by atoms with Crippen molar-refractivity contribution in [2.75, 3.05) is 7.05 Å². The number of likely N-dealkylation sites (N-methyl/N-ethyl adjacent to an activating group) is 1. The highest BCUT2D eigenvalue weighted by atomic mass is 32.1. The molecule has 0 bridgehead atoms. The van der Waals surface area contributed by atoms with Crippen LogP contribution in [0.25, 0.3) is 6.08 Å². The van der Waals surface area contributed by atoms with Crippen LogP contribution in [0, 0.1) is 10.1 Å². The monoisotopic (exact) mass is 281 g/mol. The van der Waals surface area contributed by atoms with Crippen LogP contribution in [-0.2, 0) is 9.59 Å². The van der Waals surface area contributed by atoms with Crippen molar-refractivity contribution in [2.24, 2.45) is 0 Å². The zero-order chi connectivity index (χ0) is 14.2. The Labute approximate surface area is 111 Å². The molecule has 1 aromatic rings. The van der Waals surface area contributed by atoms with Crippen LogP contribution in [-0.4, -0.2) is 33.8 Å². The Morgan fingerprint density at radius 1 is 1.47 bits per heavy atom. The maximum absolute atomic E-state index is 11.8. The molecule has 1 aliphatic heterocycles. The van der Waals surface area contributed by atoms with Crippen molar-refractivity contribution in [3.63, 3.8) is 0 Å². The summed E-state index contributed by atoms with van der Waals surface area (Å²) in [6, 6.07) is 2.42. The third-order valence-electron chi connectivity index (χ3n) is 2.38. The minimum absolute atomic E-state index is 0.00224. The van der Waals surface area contributed by atoms with Gasteiger partial charge in [-0.2, -0.15) is 0 Å². The predicted octanol–water partition coefficient (Wildman–Crippen LogP) is 0.444. The van der Waals surface area contributed by atoms with Gasteiger partial charge in [0, 0.05) is 7.05 Å². The first kappa shape index (κ1) is 12.9. The van der Waals surface area contributed by atoms with Crippen LogP contribution >= 0.6 is 12.2 Å². The van der Waals surface area contributed by atoms with Gasteiger partial charge in [-0.15, -0.1) is 0 Å². The number of hydrogen-bond donors (Lipinski definition) is 1. The smallest absolute Gasteiger partial charge is 0.401 e. The molecule has 0 unspecified atom stereocenters. The van der Waals surface area contributed by atoms with Crippen molar-refractivity contribution in [3.8, 4) is 0 Å². The second-order valence-corrected chi connectivity index (χ2v) is 4.00. The van der Waals surface area contributed by atoms with Gasteiger partial charge in [0.1, 0.15) is 16.3 Å². The molecule has 2 amide bonds. The fraction of sp³-hybridized carbons (Fsp3) is 0.100. The summed E-state index contributed by atoms with van der Waals surface area (Å²) in [5.41, 5.74) is -0.208. The Hall–Kier alpha value is -2.55. The third-order valence-corrected chi connectivity index (χ3v) is 2.76. The van der Waals surface area contributed by atoms with Gasteiger partial charge in [0.15, 0.2) is 5.11 Å². The SMILES string of the molecule is CN1C(=O)C(=Cc2ccc([N+](=O)[O-])o2)C(=O)NC1=S. The summed E-state index contributed by atoms with van der Waals surface area (Å²) >= 11 is 4.77. The Morgan fingerprint density at radius 2 is 2.16 bits per heavy atom. The molecule has 0 aromatic carbocycles. The lowest BCUT2D eigenvalue weighted by Crippen LogP contribution is -2.52. The highest BCUT2D eigenvalue weighted by Crippen LogP contribution is 2.19. The Balaban J connectivity index is 2.35. The number of hydrogen-bond acceptors (Lipinski definition) is 6. The van der Waals surface area contributed by atoms with Crippen molar-refractivity contribution >= 4 is 41.1 Å². The average molecular weight is 281 g/mol. The summed E-state index contributed by atoms with van der Waals surface area (Å²) in [5.74, 6) is -1.72. The van der Waals surface area contributed by atoms with E-state index in [0.29, 0.717) is 0 Å². The predicted molar refractivity (Wildman–Crippen MR) is 66.9 cm³/mol. The van der Waals surface area contributed by atoms with Gasteiger partial charge in [0.05, 0.1) is 6.07 Å². The van der Waals surface area contributed by atoms with Crippen LogP contribution in [0.3, 0.4) is 0 Å². The van der Waals surface area contributed by atoms with Crippen LogP contribution in [0.15, 0.2) is 22.1 Å². The Kier molecular flexibility index (Phi) is 3.13. The lowest BCUT2D eigenvalue weighted by atomic mass is 10.1. The minimum Gasteiger partial charge on any atom is -0.401 e. The topological polar surface area (TPSA) is 106 Å². The van der Waals surface area contributed by atoms with Gasteiger partial charge in [-0.05, 0) is 24.4 Å². The van der Waals surface area contributed by atoms with E-state index >= 15 is 0 Å². The highest BCUT2D eigenvalue weighted by molar-refractivity contribution is 7.80. The second-order valence-electron chi connectivity index (χ2n) is 3.61. The summed E-state index contributed by atoms with van der Waals surface area (Å²) in [7, 11) is 1.41. The van der Waals surface area contributed by atoms with Gasteiger partial charge in [-0.1, -0.05) is 0 Å². The van der Waals surface area contributed by atoms with E-state index in [1.807, 2.05) is 0 Å². The summed E-state index contributed by atoms with van der Waals surface area (Å²) in [6.07, 6.45) is 1.13. The first-order valence-electron chi connectivity index (χ1n) is 4.99. The number of nitrogens with zero attached hydrogens (tertiary/aromatic N) is 2. The number of carbonyl (C=O) groups is 2. The van der Waals surface area contributed by atoms with Crippen LogP contribution < -0.4 is 5.32 Å². The first-order chi connectivity index (χ1) is 8.90. The van der Waals surface area contributed by atoms with E-state index in [0.717, 1.165) is 17.0 Å². The lowest BCUT2D eigenvalue weighted by Gasteiger charge is -2.24. The maximum atomic E-state index is 11.8. The number of thiocarbonyl (C=S) groups is 1. The van der Waals surface area contributed by atoms with Gasteiger partial charge >= 0.3 is 5.88 Å². The number of rotatable bonds is 2. The summed E-state index contributed by atoms with van der Waals surface area (Å²) < 4.78 is 4.85. The van der Waals surface area contributed by atoms with E-state index in [4.69, 9.17) is 16.6 Å². The first-order valence-corrected chi connectivity index (χ1v) is 5.40. The van der Waals surface area contributed by atoms with Crippen LogP contribution in [0.1, 0.15) is 5.76 Å². The fourth-order valence-corrected chi connectivity index (χ4v) is 1.58. The molecule has 0 spiro atoms. The number of carbonyl (C=O) groups excluding carboxylic acids is 2. The van der Waals surface area contributed by atoms with Crippen LogP contribution in [0.4, 0.5) is 5.88 Å². The zero-order valence-corrected chi connectivity index (χ0v) is 10.4. The molecule has 8 nitrogen and oxygen atoms in total. The quantitative estimate of drug-likeness (QED) is 0.277. The lowest BCUT2D eigenvalue weighted by molar-refractivity contribution is -0.402. The zero-order valence-electron chi connectivity index (χ0n) is 9.58. The molecule has 1 aromatic heterocycles. The van der Waals surface area contributed by atoms with Crippen molar-refractivity contribution < 1.29 is 18.9 Å². The molecule has 9 heteroatoms. The molecule has 19 heavy (non-hydrogen) atoms. The number of nitrogens with one attached hydrogen (secondary N) is 1. The molecule has 1 fully saturated rings. The molecule has 98 valence electrons. The summed E-state index contributed by atoms with van der Waals surface area (Å²) in [6.45, 7) is 0. The van der Waals surface area contributed by atoms with Crippen molar-refractivity contribution in [1.29, 1.82) is 0 Å². The standard InChI is InChI=1S/C10H7N3O5S/c1-12-9(15)6(8(14)11-10(12)19)4-5-2-3-7(18-5)13(16)17/h2-4H,1H3,(H,11,14,19). The molecule has 1 N–H and O–H groups in total. The highest BCUT2D eigenvalue weighted by Gasteiger charge is 2.31. The maximum Gasteiger partial charge on any atom is 0.433 e. The molecular weight excluding hydrogens is 274 g/mol. The van der Waals surface area contributed by atoms with E-state index in [-0.39, 0.29) is 16.4 Å². The second kappa shape index (κ2) is 4.61. The average Bonchev–Trinajstić information content (AvgIpc) is 2.81. The van der Waals surface area contributed by atoms with Gasteiger partial charge in [-0.3, -0.25) is 29.9 Å². The minimum atomic E-state index is -0.716. The van der Waals surface area contributed by atoms with Gasteiger partial charge in [0.25, 0.3) is 11.8 Å². The van der Waals surface area contributed by atoms with E-state index < -0.39 is 22.6 Å². The molecule has 2 heterocycles. The molecule has 1 saturated heterocycles. The van der Waals surface area contributed by atoms with Crippen LogP contribution in [0.5, 0.6) is 0 Å². The molecule has 0 atom stereocenters. The molecular formula is C10H7N3O5S. The number of furan rings is 1. The summed E-state index contributed by atoms with van der Waals surface area (Å²) in [4.78, 5) is 34.3. The van der Waals surface area contributed by atoms with Crippen molar-refractivity contribution in [1.82, 2.24) is 10.2 Å². The van der Waals surface area contributed by atoms with Crippen LogP contribution in [0.2, 0.25) is 0 Å². The van der Waals surface area contributed by atoms with E-state index in [9.17, 15) is 19.7 Å². The van der Waals surface area contributed by atoms with Crippen molar-refractivity contribution in [2.45, 2.75) is 0 Å². The summed E-state index contributed by atoms with van der Waals surface area (Å²) in [5, 5.41) is 12.8. The van der Waals surface area contributed by atoms with Gasteiger partial charge < -0.3 is 4.42 Å². The van der Waals surface area contributed by atoms with E-state index in [2.05, 4.69) is 5.32 Å². The number of amides is 2. The van der Waals surface area contributed by atoms with Gasteiger partial charge in [0.2, 0.25) is 0 Å². The number of nitro groups is 1. The Bertz CT molecular complexity index is 633. The molecule has 1 aliphatic rings. The molecule has 0 saturated carbocycles. The van der Waals surface area contributed by atoms with Gasteiger partial charge in [-0.25, -0.2) is 0 Å². The third kappa shape index (κ3) is 2.36. The molecule has 2 rings (SSSR count). The molecule has 0 aliphatic carbocycles. The normalized spacial score (nSPS) is 17.8. The molecule has 0 radical (unpaired) electrons. The van der Waals surface area contributed by atoms with Crippen molar-refractivity contribution in [3.05, 3.63) is 33.6 Å². The fourth-order valence-electron chi connectivity index (χ4n) is 1.41.